The number of fused-ring (bicyclic) bond motifs is 1. The number of rotatable bonds is 7. The Morgan fingerprint density at radius 2 is 1.81 bits per heavy atom. The number of aliphatic carboxylic acids is 1. The Hall–Kier alpha value is -2.28. The Labute approximate surface area is 186 Å². The largest absolute Gasteiger partial charge is 0.490 e. The summed E-state index contributed by atoms with van der Waals surface area (Å²) >= 11 is 0. The SMILES string of the molecule is C[C@H]1CC[C@@H](Oc2ccc3ccc(CCN[C@H]4C[C@@H](C(=O)O)C4)cc3c2C(F)(F)F)CC1. The van der Waals surface area contributed by atoms with E-state index in [0.29, 0.717) is 37.1 Å². The van der Waals surface area contributed by atoms with Crippen LogP contribution in [-0.4, -0.2) is 29.8 Å². The summed E-state index contributed by atoms with van der Waals surface area (Å²) in [4.78, 5) is 10.9. The Kier molecular flexibility index (Phi) is 6.65. The molecule has 0 aromatic heterocycles. The number of nitrogens with one attached hydrogen (secondary N) is 1. The van der Waals surface area contributed by atoms with Crippen molar-refractivity contribution < 1.29 is 27.8 Å². The third-order valence-corrected chi connectivity index (χ3v) is 6.92. The zero-order valence-electron chi connectivity index (χ0n) is 18.3. The molecule has 2 saturated carbocycles. The summed E-state index contributed by atoms with van der Waals surface area (Å²) in [5.74, 6) is -0.528. The van der Waals surface area contributed by atoms with Gasteiger partial charge in [0.2, 0.25) is 0 Å². The van der Waals surface area contributed by atoms with Crippen molar-refractivity contribution in [2.75, 3.05) is 6.54 Å². The molecule has 2 aromatic carbocycles. The molecule has 0 aliphatic heterocycles. The Morgan fingerprint density at radius 1 is 1.12 bits per heavy atom. The fraction of sp³-hybridized carbons (Fsp3) is 0.560. The lowest BCUT2D eigenvalue weighted by atomic mass is 9.80. The van der Waals surface area contributed by atoms with Crippen LogP contribution < -0.4 is 10.1 Å². The van der Waals surface area contributed by atoms with E-state index in [1.165, 1.54) is 6.07 Å². The molecule has 4 nitrogen and oxygen atoms in total. The number of ether oxygens (including phenoxy) is 1. The predicted octanol–water partition coefficient (Wildman–Crippen LogP) is 5.81. The molecule has 0 saturated heterocycles. The lowest BCUT2D eigenvalue weighted by Gasteiger charge is -2.33. The van der Waals surface area contributed by atoms with Gasteiger partial charge in [-0.25, -0.2) is 0 Å². The van der Waals surface area contributed by atoms with E-state index in [4.69, 9.17) is 9.84 Å². The number of carbonyl (C=O) groups is 1. The van der Waals surface area contributed by atoms with E-state index in [1.54, 1.807) is 18.2 Å². The van der Waals surface area contributed by atoms with Gasteiger partial charge in [-0.2, -0.15) is 13.2 Å². The van der Waals surface area contributed by atoms with Crippen LogP contribution in [0.15, 0.2) is 30.3 Å². The smallest absolute Gasteiger partial charge is 0.420 e. The molecule has 0 spiro atoms. The van der Waals surface area contributed by atoms with Crippen LogP contribution in [0.2, 0.25) is 0 Å². The predicted molar refractivity (Wildman–Crippen MR) is 117 cm³/mol. The molecule has 0 unspecified atom stereocenters. The summed E-state index contributed by atoms with van der Waals surface area (Å²) in [6, 6.07) is 8.54. The number of hydrogen-bond acceptors (Lipinski definition) is 3. The number of alkyl halides is 3. The molecule has 32 heavy (non-hydrogen) atoms. The molecule has 0 heterocycles. The zero-order chi connectivity index (χ0) is 22.9. The van der Waals surface area contributed by atoms with Gasteiger partial charge in [0.25, 0.3) is 0 Å². The third-order valence-electron chi connectivity index (χ3n) is 6.92. The van der Waals surface area contributed by atoms with Gasteiger partial charge in [-0.05, 0) is 79.8 Å². The highest BCUT2D eigenvalue weighted by atomic mass is 19.4. The minimum atomic E-state index is -4.51. The van der Waals surface area contributed by atoms with Gasteiger partial charge >= 0.3 is 12.1 Å². The molecule has 2 N–H and O–H groups in total. The minimum absolute atomic E-state index is 0.0750. The van der Waals surface area contributed by atoms with Crippen molar-refractivity contribution in [1.29, 1.82) is 0 Å². The first-order valence-corrected chi connectivity index (χ1v) is 11.5. The number of benzene rings is 2. The quantitative estimate of drug-likeness (QED) is 0.560. The van der Waals surface area contributed by atoms with E-state index in [9.17, 15) is 18.0 Å². The molecular formula is C25H30F3NO3. The molecule has 7 heteroatoms. The molecule has 0 radical (unpaired) electrons. The molecule has 2 aromatic rings. The van der Waals surface area contributed by atoms with E-state index in [0.717, 1.165) is 31.2 Å². The molecule has 0 amide bonds. The maximum Gasteiger partial charge on any atom is 0.420 e. The highest BCUT2D eigenvalue weighted by Crippen LogP contribution is 2.43. The second-order valence-electron chi connectivity index (χ2n) is 9.40. The highest BCUT2D eigenvalue weighted by Gasteiger charge is 2.37. The van der Waals surface area contributed by atoms with Crippen molar-refractivity contribution in [1.82, 2.24) is 5.32 Å². The zero-order valence-corrected chi connectivity index (χ0v) is 18.3. The second-order valence-corrected chi connectivity index (χ2v) is 9.40. The van der Waals surface area contributed by atoms with Crippen LogP contribution in [0.3, 0.4) is 0 Å². The van der Waals surface area contributed by atoms with Gasteiger partial charge in [-0.15, -0.1) is 0 Å². The molecule has 4 rings (SSSR count). The molecule has 0 atom stereocenters. The van der Waals surface area contributed by atoms with Crippen LogP contribution in [-0.2, 0) is 17.4 Å². The second kappa shape index (κ2) is 9.30. The fourth-order valence-electron chi connectivity index (χ4n) is 4.83. The number of halogens is 3. The Bertz CT molecular complexity index is 961. The van der Waals surface area contributed by atoms with Crippen LogP contribution in [0.25, 0.3) is 10.8 Å². The van der Waals surface area contributed by atoms with Gasteiger partial charge in [-0.3, -0.25) is 4.79 Å². The molecule has 2 aliphatic carbocycles. The highest BCUT2D eigenvalue weighted by molar-refractivity contribution is 5.89. The first kappa shape index (κ1) is 22.9. The standard InChI is InChI=1S/C25H30F3NO3/c1-15-2-7-20(8-3-15)32-22-9-6-17-5-4-16(12-21(17)23(22)25(26,27)28)10-11-29-19-13-18(14-19)24(30)31/h4-6,9,12,15,18-20,29H,2-3,7-8,10-11,13-14H2,1H3,(H,30,31)/t15-,18-,19+,20+. The normalized spacial score (nSPS) is 26.0. The van der Waals surface area contributed by atoms with Gasteiger partial charge in [0, 0.05) is 6.04 Å². The van der Waals surface area contributed by atoms with Gasteiger partial charge in [0.05, 0.1) is 12.0 Å². The first-order valence-electron chi connectivity index (χ1n) is 11.5. The first-order chi connectivity index (χ1) is 15.2. The number of carboxylic acid groups (broad SMARTS) is 1. The summed E-state index contributed by atoms with van der Waals surface area (Å²) in [5.41, 5.74) is 0.125. The van der Waals surface area contributed by atoms with Crippen LogP contribution in [0.5, 0.6) is 5.75 Å². The molecule has 174 valence electrons. The average Bonchev–Trinajstić information content (AvgIpc) is 2.69. The van der Waals surface area contributed by atoms with Crippen molar-refractivity contribution in [2.45, 2.75) is 70.2 Å². The van der Waals surface area contributed by atoms with Gasteiger partial charge in [0.15, 0.2) is 0 Å². The summed E-state index contributed by atoms with van der Waals surface area (Å²) in [6.45, 7) is 2.76. The minimum Gasteiger partial charge on any atom is -0.490 e. The molecular weight excluding hydrogens is 419 g/mol. The van der Waals surface area contributed by atoms with Gasteiger partial charge in [0.1, 0.15) is 11.3 Å². The van der Waals surface area contributed by atoms with Crippen molar-refractivity contribution >= 4 is 16.7 Å². The molecule has 0 bridgehead atoms. The van der Waals surface area contributed by atoms with Crippen LogP contribution in [0.4, 0.5) is 13.2 Å². The monoisotopic (exact) mass is 449 g/mol. The molecule has 2 fully saturated rings. The Morgan fingerprint density at radius 3 is 2.47 bits per heavy atom. The Balaban J connectivity index is 1.49. The lowest BCUT2D eigenvalue weighted by Crippen LogP contribution is -2.44. The summed E-state index contributed by atoms with van der Waals surface area (Å²) in [6.07, 6.45) is 0.624. The maximum atomic E-state index is 14.1. The van der Waals surface area contributed by atoms with E-state index < -0.39 is 17.7 Å². The van der Waals surface area contributed by atoms with E-state index in [2.05, 4.69) is 12.2 Å². The van der Waals surface area contributed by atoms with E-state index in [-0.39, 0.29) is 29.2 Å². The average molecular weight is 450 g/mol. The topological polar surface area (TPSA) is 58.6 Å². The lowest BCUT2D eigenvalue weighted by molar-refractivity contribution is -0.145. The van der Waals surface area contributed by atoms with Crippen molar-refractivity contribution in [3.63, 3.8) is 0 Å². The number of carboxylic acids is 1. The van der Waals surface area contributed by atoms with E-state index in [1.807, 2.05) is 6.07 Å². The third kappa shape index (κ3) is 5.20. The van der Waals surface area contributed by atoms with E-state index >= 15 is 0 Å². The van der Waals surface area contributed by atoms with Crippen LogP contribution in [0, 0.1) is 11.8 Å². The van der Waals surface area contributed by atoms with Crippen LogP contribution >= 0.6 is 0 Å². The van der Waals surface area contributed by atoms with Crippen molar-refractivity contribution in [2.24, 2.45) is 11.8 Å². The summed E-state index contributed by atoms with van der Waals surface area (Å²) in [7, 11) is 0. The summed E-state index contributed by atoms with van der Waals surface area (Å²) < 4.78 is 48.2. The van der Waals surface area contributed by atoms with Crippen molar-refractivity contribution in [3.8, 4) is 5.75 Å². The number of hydrogen-bond donors (Lipinski definition) is 2. The summed E-state index contributed by atoms with van der Waals surface area (Å²) in [5, 5.41) is 13.0. The van der Waals surface area contributed by atoms with Crippen LogP contribution in [0.1, 0.15) is 56.6 Å². The van der Waals surface area contributed by atoms with Gasteiger partial charge in [-0.1, -0.05) is 31.2 Å². The van der Waals surface area contributed by atoms with Gasteiger partial charge < -0.3 is 15.2 Å². The molecule has 2 aliphatic rings. The fourth-order valence-corrected chi connectivity index (χ4v) is 4.83. The maximum absolute atomic E-state index is 14.1. The van der Waals surface area contributed by atoms with Crippen molar-refractivity contribution in [3.05, 3.63) is 41.5 Å².